The van der Waals surface area contributed by atoms with Crippen LogP contribution in [0.2, 0.25) is 5.02 Å². The third-order valence-electron chi connectivity index (χ3n) is 4.39. The number of aromatic nitrogens is 2. The number of hydrogen-bond acceptors (Lipinski definition) is 3. The average molecular weight is 413 g/mol. The van der Waals surface area contributed by atoms with Gasteiger partial charge in [0.1, 0.15) is 11.9 Å². The lowest BCUT2D eigenvalue weighted by Crippen LogP contribution is -2.28. The predicted molar refractivity (Wildman–Crippen MR) is 116 cm³/mol. The zero-order valence-corrected chi connectivity index (χ0v) is 17.1. The highest BCUT2D eigenvalue weighted by Gasteiger charge is 2.13. The number of halogens is 1. The molecule has 0 fully saturated rings. The number of urea groups is 1. The second kappa shape index (κ2) is 10.5. The number of nitrogens with zero attached hydrogens (tertiary/aromatic N) is 2. The summed E-state index contributed by atoms with van der Waals surface area (Å²) in [7, 11) is 0. The van der Waals surface area contributed by atoms with Crippen LogP contribution < -0.4 is 15.4 Å². The van der Waals surface area contributed by atoms with Crippen LogP contribution in [0.5, 0.6) is 5.75 Å². The molecule has 0 aliphatic heterocycles. The summed E-state index contributed by atoms with van der Waals surface area (Å²) in [6.07, 6.45) is 7.18. The molecule has 0 bridgehead atoms. The second-order valence-electron chi connectivity index (χ2n) is 6.67. The molecule has 3 aromatic rings. The highest BCUT2D eigenvalue weighted by molar-refractivity contribution is 6.30. The summed E-state index contributed by atoms with van der Waals surface area (Å²) in [5.41, 5.74) is 1.94. The highest BCUT2D eigenvalue weighted by Crippen LogP contribution is 2.20. The standard InChI is InChI=1S/C22H25ClN4O2/c1-2-25-22(28)26-19-8-11-20(12-9-19)29-21(15-27-14-13-24-16-27)10-5-17-3-6-18(23)7-4-17/h3-4,6-9,11-14,16,21H,2,5,10,15H2,1H3,(H2,25,26,28). The monoisotopic (exact) mass is 412 g/mol. The van der Waals surface area contributed by atoms with Crippen LogP contribution in [-0.2, 0) is 13.0 Å². The van der Waals surface area contributed by atoms with E-state index in [-0.39, 0.29) is 12.1 Å². The number of carbonyl (C=O) groups is 1. The number of carbonyl (C=O) groups excluding carboxylic acids is 1. The summed E-state index contributed by atoms with van der Waals surface area (Å²) < 4.78 is 8.25. The normalized spacial score (nSPS) is 11.7. The molecule has 29 heavy (non-hydrogen) atoms. The maximum atomic E-state index is 11.6. The van der Waals surface area contributed by atoms with Gasteiger partial charge in [-0.05, 0) is 61.7 Å². The van der Waals surface area contributed by atoms with Gasteiger partial charge in [0, 0.05) is 29.6 Å². The lowest BCUT2D eigenvalue weighted by atomic mass is 10.1. The van der Waals surface area contributed by atoms with Crippen LogP contribution >= 0.6 is 11.6 Å². The number of hydrogen-bond donors (Lipinski definition) is 2. The topological polar surface area (TPSA) is 68.2 Å². The molecule has 0 saturated heterocycles. The first-order chi connectivity index (χ1) is 14.1. The van der Waals surface area contributed by atoms with Crippen LogP contribution in [0, 0.1) is 0 Å². The zero-order valence-electron chi connectivity index (χ0n) is 16.3. The molecule has 2 N–H and O–H groups in total. The number of imidazole rings is 1. The Morgan fingerprint density at radius 2 is 1.93 bits per heavy atom. The van der Waals surface area contributed by atoms with E-state index in [0.29, 0.717) is 13.1 Å². The van der Waals surface area contributed by atoms with Gasteiger partial charge in [-0.2, -0.15) is 0 Å². The number of ether oxygens (including phenoxy) is 1. The number of benzene rings is 2. The van der Waals surface area contributed by atoms with Gasteiger partial charge in [0.15, 0.2) is 0 Å². The van der Waals surface area contributed by atoms with Gasteiger partial charge >= 0.3 is 6.03 Å². The maximum Gasteiger partial charge on any atom is 0.319 e. The van der Waals surface area contributed by atoms with Crippen molar-refractivity contribution in [3.63, 3.8) is 0 Å². The summed E-state index contributed by atoms with van der Waals surface area (Å²) in [5.74, 6) is 0.757. The first-order valence-electron chi connectivity index (χ1n) is 9.64. The van der Waals surface area contributed by atoms with Crippen molar-refractivity contribution in [2.24, 2.45) is 0 Å². The first-order valence-corrected chi connectivity index (χ1v) is 10.0. The average Bonchev–Trinajstić information content (AvgIpc) is 3.22. The third-order valence-corrected chi connectivity index (χ3v) is 4.65. The van der Waals surface area contributed by atoms with Gasteiger partial charge in [0.25, 0.3) is 0 Å². The molecule has 0 saturated carbocycles. The molecule has 0 spiro atoms. The minimum absolute atomic E-state index is 0.0259. The van der Waals surface area contributed by atoms with Gasteiger partial charge in [0.05, 0.1) is 12.9 Å². The minimum atomic E-state index is -0.220. The molecule has 7 heteroatoms. The van der Waals surface area contributed by atoms with Gasteiger partial charge in [-0.25, -0.2) is 9.78 Å². The molecular formula is C22H25ClN4O2. The van der Waals surface area contributed by atoms with Gasteiger partial charge in [0.2, 0.25) is 0 Å². The number of rotatable bonds is 9. The van der Waals surface area contributed by atoms with E-state index in [2.05, 4.69) is 15.6 Å². The van der Waals surface area contributed by atoms with Crippen LogP contribution in [0.4, 0.5) is 10.5 Å². The quantitative estimate of drug-likeness (QED) is 0.532. The van der Waals surface area contributed by atoms with E-state index in [1.54, 1.807) is 12.5 Å². The predicted octanol–water partition coefficient (Wildman–Crippen LogP) is 4.76. The van der Waals surface area contributed by atoms with Gasteiger partial charge in [-0.1, -0.05) is 23.7 Å². The molecular weight excluding hydrogens is 388 g/mol. The van der Waals surface area contributed by atoms with E-state index in [1.165, 1.54) is 5.56 Å². The Morgan fingerprint density at radius 1 is 1.17 bits per heavy atom. The van der Waals surface area contributed by atoms with Crippen molar-refractivity contribution in [2.45, 2.75) is 32.4 Å². The van der Waals surface area contributed by atoms with Crippen LogP contribution in [-0.4, -0.2) is 28.2 Å². The second-order valence-corrected chi connectivity index (χ2v) is 7.11. The smallest absolute Gasteiger partial charge is 0.319 e. The van der Waals surface area contributed by atoms with Crippen molar-refractivity contribution >= 4 is 23.3 Å². The molecule has 6 nitrogen and oxygen atoms in total. The molecule has 0 aliphatic carbocycles. The summed E-state index contributed by atoms with van der Waals surface area (Å²) in [6.45, 7) is 3.16. The first kappa shape index (κ1) is 20.7. The van der Waals surface area contributed by atoms with Crippen LogP contribution in [0.1, 0.15) is 18.9 Å². The van der Waals surface area contributed by atoms with Gasteiger partial charge in [-0.15, -0.1) is 0 Å². The van der Waals surface area contributed by atoms with E-state index in [1.807, 2.05) is 66.2 Å². The number of anilines is 1. The summed E-state index contributed by atoms with van der Waals surface area (Å²) >= 11 is 5.97. The molecule has 1 heterocycles. The Balaban J connectivity index is 1.62. The summed E-state index contributed by atoms with van der Waals surface area (Å²) in [5, 5.41) is 6.22. The van der Waals surface area contributed by atoms with Crippen molar-refractivity contribution in [3.8, 4) is 5.75 Å². The van der Waals surface area contributed by atoms with Crippen molar-refractivity contribution in [1.29, 1.82) is 0 Å². The molecule has 0 aliphatic rings. The Labute approximate surface area is 175 Å². The fourth-order valence-corrected chi connectivity index (χ4v) is 3.07. The van der Waals surface area contributed by atoms with Crippen LogP contribution in [0.3, 0.4) is 0 Å². The van der Waals surface area contributed by atoms with Crippen molar-refractivity contribution in [1.82, 2.24) is 14.9 Å². The number of aryl methyl sites for hydroxylation is 1. The molecule has 2 aromatic carbocycles. The Bertz CT molecular complexity index is 880. The lowest BCUT2D eigenvalue weighted by molar-refractivity contribution is 0.170. The largest absolute Gasteiger partial charge is 0.489 e. The maximum absolute atomic E-state index is 11.6. The zero-order chi connectivity index (χ0) is 20.5. The van der Waals surface area contributed by atoms with Crippen LogP contribution in [0.15, 0.2) is 67.3 Å². The Hall–Kier alpha value is -2.99. The summed E-state index contributed by atoms with van der Waals surface area (Å²) in [6, 6.07) is 15.1. The lowest BCUT2D eigenvalue weighted by Gasteiger charge is -2.20. The molecule has 1 aromatic heterocycles. The SMILES string of the molecule is CCNC(=O)Nc1ccc(OC(CCc2ccc(Cl)cc2)Cn2ccnc2)cc1. The number of nitrogens with one attached hydrogen (secondary N) is 2. The van der Waals surface area contributed by atoms with E-state index in [4.69, 9.17) is 16.3 Å². The fraction of sp³-hybridized carbons (Fsp3) is 0.273. The molecule has 1 unspecified atom stereocenters. The molecule has 3 rings (SSSR count). The Kier molecular flexibility index (Phi) is 7.53. The third kappa shape index (κ3) is 6.84. The van der Waals surface area contributed by atoms with E-state index < -0.39 is 0 Å². The molecule has 1 atom stereocenters. The fourth-order valence-electron chi connectivity index (χ4n) is 2.94. The van der Waals surface area contributed by atoms with Crippen LogP contribution in [0.25, 0.3) is 0 Å². The molecule has 2 amide bonds. The van der Waals surface area contributed by atoms with Crippen molar-refractivity contribution in [2.75, 3.05) is 11.9 Å². The minimum Gasteiger partial charge on any atom is -0.489 e. The summed E-state index contributed by atoms with van der Waals surface area (Å²) in [4.78, 5) is 15.7. The van der Waals surface area contributed by atoms with Crippen molar-refractivity contribution < 1.29 is 9.53 Å². The molecule has 152 valence electrons. The Morgan fingerprint density at radius 3 is 2.59 bits per heavy atom. The van der Waals surface area contributed by atoms with E-state index >= 15 is 0 Å². The van der Waals surface area contributed by atoms with E-state index in [9.17, 15) is 4.79 Å². The number of amides is 2. The van der Waals surface area contributed by atoms with Crippen molar-refractivity contribution in [3.05, 3.63) is 77.8 Å². The molecule has 0 radical (unpaired) electrons. The van der Waals surface area contributed by atoms with Gasteiger partial charge in [-0.3, -0.25) is 0 Å². The van der Waals surface area contributed by atoms with E-state index in [0.717, 1.165) is 29.3 Å². The van der Waals surface area contributed by atoms with Gasteiger partial charge < -0.3 is 19.9 Å². The highest BCUT2D eigenvalue weighted by atomic mass is 35.5.